The lowest BCUT2D eigenvalue weighted by atomic mass is 10.1. The van der Waals surface area contributed by atoms with Crippen LogP contribution in [0.15, 0.2) is 59.7 Å². The summed E-state index contributed by atoms with van der Waals surface area (Å²) in [6, 6.07) is 13.8. The van der Waals surface area contributed by atoms with Crippen molar-refractivity contribution in [1.82, 2.24) is 15.0 Å². The molecule has 5 heterocycles. The Morgan fingerprint density at radius 3 is 2.74 bits per heavy atom. The predicted molar refractivity (Wildman–Crippen MR) is 132 cm³/mol. The Balaban J connectivity index is 1.37. The van der Waals surface area contributed by atoms with Crippen molar-refractivity contribution in [3.63, 3.8) is 0 Å². The predicted octanol–water partition coefficient (Wildman–Crippen LogP) is 3.37. The third kappa shape index (κ3) is 3.90. The molecule has 9 heteroatoms. The number of H-pyrrole nitrogens is 1. The first-order chi connectivity index (χ1) is 16.7. The van der Waals surface area contributed by atoms with Crippen molar-refractivity contribution >= 4 is 33.8 Å². The van der Waals surface area contributed by atoms with Crippen molar-refractivity contribution in [2.75, 3.05) is 55.0 Å². The number of aromatic amines is 1. The van der Waals surface area contributed by atoms with E-state index < -0.39 is 0 Å². The highest BCUT2D eigenvalue weighted by Gasteiger charge is 2.16. The van der Waals surface area contributed by atoms with E-state index in [9.17, 15) is 4.79 Å². The van der Waals surface area contributed by atoms with Gasteiger partial charge in [0.05, 0.1) is 30.8 Å². The van der Waals surface area contributed by atoms with E-state index in [1.54, 1.807) is 12.4 Å². The summed E-state index contributed by atoms with van der Waals surface area (Å²) < 4.78 is 11.2. The summed E-state index contributed by atoms with van der Waals surface area (Å²) in [4.78, 5) is 27.0. The van der Waals surface area contributed by atoms with Crippen LogP contribution < -0.4 is 25.8 Å². The average molecular weight is 457 g/mol. The minimum atomic E-state index is -0.194. The smallest absolute Gasteiger partial charge is 0.259 e. The summed E-state index contributed by atoms with van der Waals surface area (Å²) >= 11 is 0. The van der Waals surface area contributed by atoms with E-state index in [0.29, 0.717) is 29.3 Å². The normalized spacial score (nSPS) is 15.4. The molecule has 2 aliphatic heterocycles. The number of pyridine rings is 3. The molecule has 0 unspecified atom stereocenters. The Kier molecular flexibility index (Phi) is 5.23. The van der Waals surface area contributed by atoms with Gasteiger partial charge in [-0.05, 0) is 47.9 Å². The van der Waals surface area contributed by atoms with Gasteiger partial charge in [-0.25, -0.2) is 9.97 Å². The van der Waals surface area contributed by atoms with Gasteiger partial charge in [0.1, 0.15) is 12.4 Å². The molecule has 1 aromatic carbocycles. The second kappa shape index (κ2) is 8.68. The van der Waals surface area contributed by atoms with Crippen LogP contribution in [0.2, 0.25) is 0 Å². The second-order valence-corrected chi connectivity index (χ2v) is 8.24. The maximum absolute atomic E-state index is 12.7. The summed E-state index contributed by atoms with van der Waals surface area (Å²) in [5, 5.41) is 7.87. The molecule has 0 spiro atoms. The first kappa shape index (κ1) is 20.5. The highest BCUT2D eigenvalue weighted by Crippen LogP contribution is 2.33. The van der Waals surface area contributed by atoms with Crippen molar-refractivity contribution in [3.05, 3.63) is 65.2 Å². The van der Waals surface area contributed by atoms with Crippen LogP contribution in [0.25, 0.3) is 22.0 Å². The SMILES string of the molecule is O=c1[nH]ccc2cc(-c3cnc4c(c3)OCCN4)nc(Nc3ccc(N4CCOCC4)cc3)c12. The lowest BCUT2D eigenvalue weighted by molar-refractivity contribution is 0.122. The van der Waals surface area contributed by atoms with Crippen molar-refractivity contribution in [2.24, 2.45) is 0 Å². The number of morpholine rings is 1. The highest BCUT2D eigenvalue weighted by molar-refractivity contribution is 5.95. The largest absolute Gasteiger partial charge is 0.488 e. The maximum Gasteiger partial charge on any atom is 0.259 e. The molecule has 0 atom stereocenters. The van der Waals surface area contributed by atoms with Crippen molar-refractivity contribution in [1.29, 1.82) is 0 Å². The van der Waals surface area contributed by atoms with E-state index in [-0.39, 0.29) is 5.56 Å². The Morgan fingerprint density at radius 1 is 1.03 bits per heavy atom. The number of anilines is 4. The number of hydrogen-bond donors (Lipinski definition) is 3. The summed E-state index contributed by atoms with van der Waals surface area (Å²) in [5.74, 6) is 1.92. The van der Waals surface area contributed by atoms with Crippen molar-refractivity contribution in [2.45, 2.75) is 0 Å². The molecule has 0 saturated carbocycles. The van der Waals surface area contributed by atoms with E-state index in [1.807, 2.05) is 30.3 Å². The molecule has 4 aromatic rings. The molecule has 34 heavy (non-hydrogen) atoms. The topological polar surface area (TPSA) is 104 Å². The van der Waals surface area contributed by atoms with Gasteiger partial charge in [0, 0.05) is 42.4 Å². The number of aromatic nitrogens is 3. The fourth-order valence-corrected chi connectivity index (χ4v) is 4.32. The van der Waals surface area contributed by atoms with Gasteiger partial charge in [0.25, 0.3) is 5.56 Å². The Hall–Kier alpha value is -4.11. The molecule has 0 radical (unpaired) electrons. The summed E-state index contributed by atoms with van der Waals surface area (Å²) in [7, 11) is 0. The van der Waals surface area contributed by atoms with Gasteiger partial charge >= 0.3 is 0 Å². The van der Waals surface area contributed by atoms with Crippen LogP contribution in [-0.4, -0.2) is 54.4 Å². The lowest BCUT2D eigenvalue weighted by Crippen LogP contribution is -2.36. The summed E-state index contributed by atoms with van der Waals surface area (Å²) in [5.41, 5.74) is 3.32. The monoisotopic (exact) mass is 456 g/mol. The molecule has 0 amide bonds. The summed E-state index contributed by atoms with van der Waals surface area (Å²) in [6.07, 6.45) is 3.41. The van der Waals surface area contributed by atoms with E-state index in [0.717, 1.165) is 61.0 Å². The number of fused-ring (bicyclic) bond motifs is 2. The average Bonchev–Trinajstić information content (AvgIpc) is 2.89. The van der Waals surface area contributed by atoms with Gasteiger partial charge in [0.15, 0.2) is 11.6 Å². The molecule has 6 rings (SSSR count). The van der Waals surface area contributed by atoms with Crippen LogP contribution >= 0.6 is 0 Å². The standard InChI is InChI=1S/C25H24N6O3/c32-25-22-16(5-6-27-25)13-20(17-14-21-23(28-15-17)26-7-10-34-21)30-24(22)29-18-1-3-19(4-2-18)31-8-11-33-12-9-31/h1-6,13-15H,7-12H2,(H,26,28)(H,27,32)(H,29,30). The van der Waals surface area contributed by atoms with Gasteiger partial charge in [-0.15, -0.1) is 0 Å². The van der Waals surface area contributed by atoms with Crippen LogP contribution in [0, 0.1) is 0 Å². The number of rotatable bonds is 4. The Morgan fingerprint density at radius 2 is 1.88 bits per heavy atom. The molecule has 2 aliphatic rings. The maximum atomic E-state index is 12.7. The fourth-order valence-electron chi connectivity index (χ4n) is 4.32. The van der Waals surface area contributed by atoms with Crippen molar-refractivity contribution in [3.8, 4) is 17.0 Å². The molecular formula is C25H24N6O3. The number of ether oxygens (including phenoxy) is 2. The number of nitrogens with one attached hydrogen (secondary N) is 3. The number of benzene rings is 1. The van der Waals surface area contributed by atoms with Crippen molar-refractivity contribution < 1.29 is 9.47 Å². The quantitative estimate of drug-likeness (QED) is 0.429. The third-order valence-corrected chi connectivity index (χ3v) is 6.06. The molecule has 1 fully saturated rings. The minimum absolute atomic E-state index is 0.194. The first-order valence-corrected chi connectivity index (χ1v) is 11.3. The lowest BCUT2D eigenvalue weighted by Gasteiger charge is -2.28. The zero-order chi connectivity index (χ0) is 22.9. The number of nitrogens with zero attached hydrogens (tertiary/aromatic N) is 3. The van der Waals surface area contributed by atoms with E-state index in [2.05, 4.69) is 37.6 Å². The van der Waals surface area contributed by atoms with Gasteiger partial charge in [-0.3, -0.25) is 4.79 Å². The summed E-state index contributed by atoms with van der Waals surface area (Å²) in [6.45, 7) is 4.56. The van der Waals surface area contributed by atoms with Crippen LogP contribution in [0.5, 0.6) is 5.75 Å². The van der Waals surface area contributed by atoms with Crippen LogP contribution in [-0.2, 0) is 4.74 Å². The van der Waals surface area contributed by atoms with Gasteiger partial charge in [-0.2, -0.15) is 0 Å². The zero-order valence-electron chi connectivity index (χ0n) is 18.5. The van der Waals surface area contributed by atoms with Crippen LogP contribution in [0.4, 0.5) is 23.0 Å². The third-order valence-electron chi connectivity index (χ3n) is 6.06. The fraction of sp³-hybridized carbons (Fsp3) is 0.240. The molecule has 1 saturated heterocycles. The van der Waals surface area contributed by atoms with Crippen LogP contribution in [0.3, 0.4) is 0 Å². The van der Waals surface area contributed by atoms with Gasteiger partial charge in [-0.1, -0.05) is 0 Å². The molecule has 3 N–H and O–H groups in total. The first-order valence-electron chi connectivity index (χ1n) is 11.3. The molecular weight excluding hydrogens is 432 g/mol. The molecule has 0 bridgehead atoms. The second-order valence-electron chi connectivity index (χ2n) is 8.24. The zero-order valence-corrected chi connectivity index (χ0v) is 18.5. The minimum Gasteiger partial charge on any atom is -0.488 e. The van der Waals surface area contributed by atoms with Gasteiger partial charge < -0.3 is 30.0 Å². The van der Waals surface area contributed by atoms with E-state index in [1.165, 1.54) is 0 Å². The number of hydrogen-bond acceptors (Lipinski definition) is 8. The molecule has 9 nitrogen and oxygen atoms in total. The van der Waals surface area contributed by atoms with E-state index >= 15 is 0 Å². The van der Waals surface area contributed by atoms with Gasteiger partial charge in [0.2, 0.25) is 0 Å². The molecule has 172 valence electrons. The Bertz CT molecular complexity index is 1400. The molecule has 0 aliphatic carbocycles. The van der Waals surface area contributed by atoms with E-state index in [4.69, 9.17) is 14.5 Å². The highest BCUT2D eigenvalue weighted by atomic mass is 16.5. The Labute approximate surface area is 195 Å². The van der Waals surface area contributed by atoms with Crippen LogP contribution in [0.1, 0.15) is 0 Å². The molecule has 3 aromatic heterocycles.